The number of rotatable bonds is 2. The van der Waals surface area contributed by atoms with Crippen molar-refractivity contribution in [3.8, 4) is 0 Å². The first kappa shape index (κ1) is 8.04. The van der Waals surface area contributed by atoms with Crippen LogP contribution in [-0.2, 0) is 0 Å². The van der Waals surface area contributed by atoms with Crippen LogP contribution in [0.25, 0.3) is 0 Å². The van der Waals surface area contributed by atoms with Gasteiger partial charge in [0, 0.05) is 5.38 Å². The van der Waals surface area contributed by atoms with Gasteiger partial charge < -0.3 is 0 Å². The summed E-state index contributed by atoms with van der Waals surface area (Å²) in [6.07, 6.45) is 1.90. The van der Waals surface area contributed by atoms with E-state index in [9.17, 15) is 4.79 Å². The normalized spacial score (nSPS) is 9.80. The van der Waals surface area contributed by atoms with Crippen molar-refractivity contribution in [2.45, 2.75) is 4.34 Å². The Balaban J connectivity index is 2.88. The minimum Gasteiger partial charge on any atom is -0.274 e. The number of thiazole rings is 1. The average molecular weight is 194 g/mol. The van der Waals surface area contributed by atoms with E-state index in [-0.39, 0.29) is 0 Å². The number of nitrogens with zero attached hydrogens (tertiary/aromatic N) is 1. The molecular weight excluding hydrogens is 190 g/mol. The fraction of sp³-hybridized carbons (Fsp3) is 0.200. The molecule has 0 bridgehead atoms. The topological polar surface area (TPSA) is 30.0 Å². The summed E-state index contributed by atoms with van der Waals surface area (Å²) in [5.41, 5.74) is 0.344. The number of hydrogen-bond donors (Lipinski definition) is 0. The number of carbonyl (C=O) groups excluding carboxylic acids is 1. The van der Waals surface area contributed by atoms with Gasteiger partial charge in [0.25, 0.3) is 5.24 Å². The molecule has 1 heterocycles. The zero-order valence-corrected chi connectivity index (χ0v) is 7.52. The molecule has 0 atom stereocenters. The Hall–Kier alpha value is -0.0600. The second kappa shape index (κ2) is 3.37. The maximum atomic E-state index is 10.5. The predicted molar refractivity (Wildman–Crippen MR) is 44.1 cm³/mol. The monoisotopic (exact) mass is 193 g/mol. The highest BCUT2D eigenvalue weighted by molar-refractivity contribution is 8.00. The van der Waals surface area contributed by atoms with Gasteiger partial charge in [-0.3, -0.25) is 4.79 Å². The zero-order valence-electron chi connectivity index (χ0n) is 5.13. The third-order valence-corrected chi connectivity index (χ3v) is 2.92. The third kappa shape index (κ3) is 1.71. The lowest BCUT2D eigenvalue weighted by Gasteiger charge is -1.81. The van der Waals surface area contributed by atoms with Gasteiger partial charge in [-0.25, -0.2) is 4.98 Å². The Bertz CT molecular complexity index is 248. The van der Waals surface area contributed by atoms with Crippen molar-refractivity contribution in [1.82, 2.24) is 4.98 Å². The largest absolute Gasteiger partial charge is 0.274 e. The average Bonchev–Trinajstić information content (AvgIpc) is 2.34. The molecule has 0 unspecified atom stereocenters. The van der Waals surface area contributed by atoms with Crippen LogP contribution in [0.5, 0.6) is 0 Å². The van der Waals surface area contributed by atoms with Gasteiger partial charge >= 0.3 is 0 Å². The van der Waals surface area contributed by atoms with E-state index in [1.165, 1.54) is 23.1 Å². The van der Waals surface area contributed by atoms with Crippen LogP contribution in [0.15, 0.2) is 9.72 Å². The van der Waals surface area contributed by atoms with Crippen molar-refractivity contribution >= 4 is 39.9 Å². The lowest BCUT2D eigenvalue weighted by atomic mass is 10.6. The molecule has 0 saturated carbocycles. The lowest BCUT2D eigenvalue weighted by Crippen LogP contribution is -1.86. The predicted octanol–water partition coefficient (Wildman–Crippen LogP) is 2.24. The number of hydrogen-bond acceptors (Lipinski definition) is 4. The molecule has 0 aliphatic rings. The molecule has 0 fully saturated rings. The Labute approximate surface area is 71.6 Å². The van der Waals surface area contributed by atoms with Crippen molar-refractivity contribution < 1.29 is 4.79 Å². The van der Waals surface area contributed by atoms with Gasteiger partial charge in [0.15, 0.2) is 0 Å². The molecule has 1 aromatic heterocycles. The molecule has 2 nitrogen and oxygen atoms in total. The summed E-state index contributed by atoms with van der Waals surface area (Å²) in [5.74, 6) is 0. The summed E-state index contributed by atoms with van der Waals surface area (Å²) in [6, 6.07) is 0. The highest BCUT2D eigenvalue weighted by atomic mass is 35.5. The Morgan fingerprint density at radius 3 is 2.90 bits per heavy atom. The van der Waals surface area contributed by atoms with Crippen LogP contribution in [0, 0.1) is 0 Å². The quantitative estimate of drug-likeness (QED) is 0.533. The second-order valence-corrected chi connectivity index (χ2v) is 3.73. The van der Waals surface area contributed by atoms with E-state index >= 15 is 0 Å². The lowest BCUT2D eigenvalue weighted by molar-refractivity contribution is 0.107. The molecule has 0 aliphatic carbocycles. The van der Waals surface area contributed by atoms with Crippen molar-refractivity contribution in [3.05, 3.63) is 11.1 Å². The maximum absolute atomic E-state index is 10.5. The Morgan fingerprint density at radius 1 is 1.90 bits per heavy atom. The fourth-order valence-electron chi connectivity index (χ4n) is 0.441. The number of aromatic nitrogens is 1. The van der Waals surface area contributed by atoms with E-state index < -0.39 is 5.24 Å². The summed E-state index contributed by atoms with van der Waals surface area (Å²) < 4.78 is 0.865. The summed E-state index contributed by atoms with van der Waals surface area (Å²) in [6.45, 7) is 0. The molecule has 0 radical (unpaired) electrons. The van der Waals surface area contributed by atoms with Gasteiger partial charge in [0.2, 0.25) is 0 Å². The van der Waals surface area contributed by atoms with Crippen LogP contribution >= 0.6 is 34.7 Å². The van der Waals surface area contributed by atoms with Crippen molar-refractivity contribution in [2.75, 3.05) is 6.26 Å². The van der Waals surface area contributed by atoms with E-state index in [0.717, 1.165) is 4.34 Å². The van der Waals surface area contributed by atoms with Crippen LogP contribution < -0.4 is 0 Å². The van der Waals surface area contributed by atoms with Gasteiger partial charge in [0.05, 0.1) is 0 Å². The molecule has 0 amide bonds. The van der Waals surface area contributed by atoms with E-state index in [1.54, 1.807) is 5.38 Å². The maximum Gasteiger partial charge on any atom is 0.271 e. The Morgan fingerprint density at radius 2 is 2.60 bits per heavy atom. The molecule has 5 heteroatoms. The molecule has 0 N–H and O–H groups in total. The second-order valence-electron chi connectivity index (χ2n) is 1.48. The first-order valence-electron chi connectivity index (χ1n) is 2.43. The van der Waals surface area contributed by atoms with Crippen molar-refractivity contribution in [1.29, 1.82) is 0 Å². The number of halogens is 1. The van der Waals surface area contributed by atoms with Crippen LogP contribution in [0.3, 0.4) is 0 Å². The van der Waals surface area contributed by atoms with Crippen molar-refractivity contribution in [2.24, 2.45) is 0 Å². The van der Waals surface area contributed by atoms with E-state index in [4.69, 9.17) is 11.6 Å². The highest BCUT2D eigenvalue weighted by Crippen LogP contribution is 2.20. The molecular formula is C5H4ClNOS2. The summed E-state index contributed by atoms with van der Waals surface area (Å²) in [7, 11) is 0. The van der Waals surface area contributed by atoms with Gasteiger partial charge in [-0.15, -0.1) is 11.3 Å². The van der Waals surface area contributed by atoms with E-state index in [1.807, 2.05) is 6.26 Å². The highest BCUT2D eigenvalue weighted by Gasteiger charge is 2.05. The van der Waals surface area contributed by atoms with Gasteiger partial charge in [-0.1, -0.05) is 11.8 Å². The van der Waals surface area contributed by atoms with E-state index in [2.05, 4.69) is 4.98 Å². The summed E-state index contributed by atoms with van der Waals surface area (Å²) in [5, 5.41) is 1.16. The molecule has 0 saturated heterocycles. The molecule has 0 spiro atoms. The molecule has 0 aromatic carbocycles. The zero-order chi connectivity index (χ0) is 7.56. The first-order valence-corrected chi connectivity index (χ1v) is 4.91. The summed E-state index contributed by atoms with van der Waals surface area (Å²) >= 11 is 8.10. The number of carbonyl (C=O) groups is 1. The number of thioether (sulfide) groups is 1. The minimum atomic E-state index is -0.489. The third-order valence-electron chi connectivity index (χ3n) is 0.859. The minimum absolute atomic E-state index is 0.344. The van der Waals surface area contributed by atoms with Gasteiger partial charge in [0.1, 0.15) is 10.0 Å². The fourth-order valence-corrected chi connectivity index (χ4v) is 1.84. The van der Waals surface area contributed by atoms with Crippen LogP contribution in [-0.4, -0.2) is 16.5 Å². The molecule has 1 rings (SSSR count). The Kier molecular flexibility index (Phi) is 2.71. The summed E-state index contributed by atoms with van der Waals surface area (Å²) in [4.78, 5) is 14.4. The SMILES string of the molecule is CSc1nc(C(=O)Cl)cs1. The van der Waals surface area contributed by atoms with Gasteiger partial charge in [-0.05, 0) is 17.9 Å². The molecule has 54 valence electrons. The van der Waals surface area contributed by atoms with Crippen LogP contribution in [0.1, 0.15) is 10.5 Å². The van der Waals surface area contributed by atoms with Crippen molar-refractivity contribution in [3.63, 3.8) is 0 Å². The molecule has 1 aromatic rings. The van der Waals surface area contributed by atoms with Gasteiger partial charge in [-0.2, -0.15) is 0 Å². The first-order chi connectivity index (χ1) is 4.74. The standard InChI is InChI=1S/C5H4ClNOS2/c1-9-5-7-3(2-10-5)4(6)8/h2H,1H3. The smallest absolute Gasteiger partial charge is 0.271 e. The van der Waals surface area contributed by atoms with E-state index in [0.29, 0.717) is 5.69 Å². The molecule has 0 aliphatic heterocycles. The van der Waals surface area contributed by atoms with Crippen LogP contribution in [0.2, 0.25) is 0 Å². The molecule has 10 heavy (non-hydrogen) atoms. The van der Waals surface area contributed by atoms with Crippen LogP contribution in [0.4, 0.5) is 0 Å².